The molecule has 0 aliphatic heterocycles. The first kappa shape index (κ1) is 12.5. The Morgan fingerprint density at radius 2 is 2.08 bits per heavy atom. The number of ether oxygens (including phenoxy) is 1. The number of rotatable bonds is 8. The van der Waals surface area contributed by atoms with Gasteiger partial charge in [0.05, 0.1) is 6.10 Å². The van der Waals surface area contributed by atoms with Crippen LogP contribution in [0.25, 0.3) is 0 Å². The molecule has 0 aromatic carbocycles. The lowest BCUT2D eigenvalue weighted by Gasteiger charge is -2.08. The van der Waals surface area contributed by atoms with E-state index in [1.54, 1.807) is 6.08 Å². The zero-order valence-corrected chi connectivity index (χ0v) is 7.59. The van der Waals surface area contributed by atoms with E-state index in [0.29, 0.717) is 12.8 Å². The Morgan fingerprint density at radius 1 is 1.38 bits per heavy atom. The first-order valence-corrected chi connectivity index (χ1v) is 4.31. The molecule has 1 atom stereocenters. The molecule has 0 spiro atoms. The molecule has 0 bridgehead atoms. The van der Waals surface area contributed by atoms with Gasteiger partial charge >= 0.3 is 0 Å². The van der Waals surface area contributed by atoms with Gasteiger partial charge in [-0.05, 0) is 19.3 Å². The van der Waals surface area contributed by atoms with Crippen LogP contribution in [-0.4, -0.2) is 30.8 Å². The quantitative estimate of drug-likeness (QED) is 0.473. The second-order valence-corrected chi connectivity index (χ2v) is 2.77. The predicted octanol–water partition coefficient (Wildman–Crippen LogP) is 1.99. The Balaban J connectivity index is 3.16. The largest absolute Gasteiger partial charge is 0.393 e. The normalized spacial score (nSPS) is 13.2. The lowest BCUT2D eigenvalue weighted by molar-refractivity contribution is 0.00436. The van der Waals surface area contributed by atoms with E-state index in [9.17, 15) is 13.9 Å². The van der Waals surface area contributed by atoms with Crippen molar-refractivity contribution in [3.8, 4) is 0 Å². The summed E-state index contributed by atoms with van der Waals surface area (Å²) in [7, 11) is 0. The van der Waals surface area contributed by atoms with Gasteiger partial charge < -0.3 is 9.84 Å². The third-order valence-corrected chi connectivity index (χ3v) is 1.54. The van der Waals surface area contributed by atoms with Gasteiger partial charge in [-0.25, -0.2) is 8.78 Å². The zero-order chi connectivity index (χ0) is 10.1. The summed E-state index contributed by atoms with van der Waals surface area (Å²) in [5.74, 6) is 0. The summed E-state index contributed by atoms with van der Waals surface area (Å²) >= 11 is 0. The second kappa shape index (κ2) is 8.13. The van der Waals surface area contributed by atoms with Crippen LogP contribution in [0.5, 0.6) is 0 Å². The maximum Gasteiger partial charge on any atom is 0.261 e. The first-order valence-electron chi connectivity index (χ1n) is 4.31. The first-order chi connectivity index (χ1) is 6.16. The molecule has 0 rings (SSSR count). The van der Waals surface area contributed by atoms with Gasteiger partial charge in [-0.2, -0.15) is 0 Å². The molecule has 0 radical (unpaired) electrons. The molecule has 0 amide bonds. The number of hydrogen-bond donors (Lipinski definition) is 1. The minimum absolute atomic E-state index is 0.183. The molecule has 13 heavy (non-hydrogen) atoms. The van der Waals surface area contributed by atoms with Gasteiger partial charge in [0, 0.05) is 6.61 Å². The Labute approximate surface area is 77.2 Å². The van der Waals surface area contributed by atoms with E-state index in [0.717, 1.165) is 6.42 Å². The fourth-order valence-electron chi connectivity index (χ4n) is 0.846. The Morgan fingerprint density at radius 3 is 2.62 bits per heavy atom. The van der Waals surface area contributed by atoms with E-state index >= 15 is 0 Å². The van der Waals surface area contributed by atoms with E-state index in [1.165, 1.54) is 0 Å². The van der Waals surface area contributed by atoms with Gasteiger partial charge in [-0.1, -0.05) is 6.08 Å². The van der Waals surface area contributed by atoms with Gasteiger partial charge in [-0.15, -0.1) is 6.58 Å². The molecule has 0 fully saturated rings. The van der Waals surface area contributed by atoms with Crippen LogP contribution >= 0.6 is 0 Å². The highest BCUT2D eigenvalue weighted by Gasteiger charge is 2.05. The van der Waals surface area contributed by atoms with E-state index < -0.39 is 19.1 Å². The fourth-order valence-corrected chi connectivity index (χ4v) is 0.846. The highest BCUT2D eigenvalue weighted by Crippen LogP contribution is 2.03. The van der Waals surface area contributed by atoms with Gasteiger partial charge in [-0.3, -0.25) is 0 Å². The van der Waals surface area contributed by atoms with Crippen molar-refractivity contribution < 1.29 is 18.6 Å². The highest BCUT2D eigenvalue weighted by molar-refractivity contribution is 4.68. The minimum Gasteiger partial charge on any atom is -0.393 e. The van der Waals surface area contributed by atoms with Crippen LogP contribution in [-0.2, 0) is 4.74 Å². The molecule has 0 aliphatic carbocycles. The molecule has 1 N–H and O–H groups in total. The SMILES string of the molecule is C=CCCC(O)CCOCC(F)F. The maximum atomic E-state index is 11.6. The minimum atomic E-state index is -2.43. The summed E-state index contributed by atoms with van der Waals surface area (Å²) in [6.07, 6.45) is 0.558. The lowest BCUT2D eigenvalue weighted by Crippen LogP contribution is -2.12. The number of halogens is 2. The van der Waals surface area contributed by atoms with Crippen molar-refractivity contribution in [2.75, 3.05) is 13.2 Å². The van der Waals surface area contributed by atoms with Crippen molar-refractivity contribution in [2.24, 2.45) is 0 Å². The Bertz CT molecular complexity index is 129. The molecule has 0 aliphatic rings. The monoisotopic (exact) mass is 194 g/mol. The molecule has 4 heteroatoms. The molecule has 0 saturated carbocycles. The molecule has 0 aromatic rings. The molecule has 0 heterocycles. The topological polar surface area (TPSA) is 29.5 Å². The number of aliphatic hydroxyl groups is 1. The zero-order valence-electron chi connectivity index (χ0n) is 7.59. The van der Waals surface area contributed by atoms with E-state index in [1.807, 2.05) is 0 Å². The third-order valence-electron chi connectivity index (χ3n) is 1.54. The summed E-state index contributed by atoms with van der Waals surface area (Å²) in [6, 6.07) is 0. The van der Waals surface area contributed by atoms with Gasteiger partial charge in [0.15, 0.2) is 0 Å². The summed E-state index contributed by atoms with van der Waals surface area (Å²) in [4.78, 5) is 0. The van der Waals surface area contributed by atoms with Crippen LogP contribution in [0.1, 0.15) is 19.3 Å². The number of allylic oxidation sites excluding steroid dienone is 1. The van der Waals surface area contributed by atoms with E-state index in [-0.39, 0.29) is 6.61 Å². The van der Waals surface area contributed by atoms with Gasteiger partial charge in [0.1, 0.15) is 6.61 Å². The molecule has 2 nitrogen and oxygen atoms in total. The Kier molecular flexibility index (Phi) is 7.83. The Hall–Kier alpha value is -0.480. The van der Waals surface area contributed by atoms with Crippen molar-refractivity contribution in [2.45, 2.75) is 31.8 Å². The van der Waals surface area contributed by atoms with Crippen molar-refractivity contribution in [3.05, 3.63) is 12.7 Å². The highest BCUT2D eigenvalue weighted by atomic mass is 19.3. The van der Waals surface area contributed by atoms with Crippen LogP contribution < -0.4 is 0 Å². The third kappa shape index (κ3) is 9.43. The standard InChI is InChI=1S/C9H16F2O2/c1-2-3-4-8(12)5-6-13-7-9(10)11/h2,8-9,12H,1,3-7H2. The molecular weight excluding hydrogens is 178 g/mol. The molecule has 1 unspecified atom stereocenters. The molecule has 78 valence electrons. The number of aliphatic hydroxyl groups excluding tert-OH is 1. The van der Waals surface area contributed by atoms with Crippen LogP contribution in [0.2, 0.25) is 0 Å². The lowest BCUT2D eigenvalue weighted by atomic mass is 10.1. The van der Waals surface area contributed by atoms with Crippen LogP contribution in [0, 0.1) is 0 Å². The summed E-state index contributed by atoms with van der Waals surface area (Å²) in [6.45, 7) is 3.15. The number of alkyl halides is 2. The smallest absolute Gasteiger partial charge is 0.261 e. The van der Waals surface area contributed by atoms with Crippen molar-refractivity contribution in [1.82, 2.24) is 0 Å². The summed E-state index contributed by atoms with van der Waals surface area (Å²) in [5, 5.41) is 9.23. The predicted molar refractivity (Wildman–Crippen MR) is 46.9 cm³/mol. The fraction of sp³-hybridized carbons (Fsp3) is 0.778. The summed E-state index contributed by atoms with van der Waals surface area (Å²) < 4.78 is 27.7. The average Bonchev–Trinajstić information content (AvgIpc) is 2.08. The maximum absolute atomic E-state index is 11.6. The van der Waals surface area contributed by atoms with E-state index in [4.69, 9.17) is 0 Å². The van der Waals surface area contributed by atoms with Crippen LogP contribution in [0.3, 0.4) is 0 Å². The van der Waals surface area contributed by atoms with Crippen molar-refractivity contribution >= 4 is 0 Å². The van der Waals surface area contributed by atoms with Crippen molar-refractivity contribution in [3.63, 3.8) is 0 Å². The number of hydrogen-bond acceptors (Lipinski definition) is 2. The van der Waals surface area contributed by atoms with E-state index in [2.05, 4.69) is 11.3 Å². The average molecular weight is 194 g/mol. The van der Waals surface area contributed by atoms with Crippen molar-refractivity contribution in [1.29, 1.82) is 0 Å². The molecule has 0 aromatic heterocycles. The van der Waals surface area contributed by atoms with Crippen LogP contribution in [0.4, 0.5) is 8.78 Å². The van der Waals surface area contributed by atoms with Crippen LogP contribution in [0.15, 0.2) is 12.7 Å². The van der Waals surface area contributed by atoms with Gasteiger partial charge in [0.25, 0.3) is 6.43 Å². The second-order valence-electron chi connectivity index (χ2n) is 2.77. The summed E-state index contributed by atoms with van der Waals surface area (Å²) in [5.41, 5.74) is 0. The van der Waals surface area contributed by atoms with Gasteiger partial charge in [0.2, 0.25) is 0 Å². The molecular formula is C9H16F2O2. The molecule has 0 saturated heterocycles.